The zero-order valence-corrected chi connectivity index (χ0v) is 10.8. The minimum absolute atomic E-state index is 0.173. The van der Waals surface area contributed by atoms with Crippen molar-refractivity contribution in [1.29, 1.82) is 0 Å². The minimum Gasteiger partial charge on any atom is -0.493 e. The molecule has 1 aliphatic heterocycles. The molecule has 2 rings (SSSR count). The van der Waals surface area contributed by atoms with Crippen LogP contribution in [0.4, 0.5) is 0 Å². The Kier molecular flexibility index (Phi) is 4.38. The average molecular weight is 252 g/mol. The highest BCUT2D eigenvalue weighted by atomic mass is 16.5. The lowest BCUT2D eigenvalue weighted by molar-refractivity contribution is 0.0782. The fourth-order valence-electron chi connectivity index (χ4n) is 2.36. The van der Waals surface area contributed by atoms with E-state index in [2.05, 4.69) is 10.3 Å². The summed E-state index contributed by atoms with van der Waals surface area (Å²) in [6.45, 7) is 1.68. The molecule has 1 aromatic heterocycles. The predicted molar refractivity (Wildman–Crippen MR) is 68.0 cm³/mol. The first-order valence-corrected chi connectivity index (χ1v) is 6.21. The molecular weight excluding hydrogens is 232 g/mol. The van der Waals surface area contributed by atoms with E-state index in [4.69, 9.17) is 9.47 Å². The van der Waals surface area contributed by atoms with Crippen molar-refractivity contribution < 1.29 is 14.6 Å². The Balaban J connectivity index is 2.17. The van der Waals surface area contributed by atoms with Gasteiger partial charge in [0.2, 0.25) is 0 Å². The van der Waals surface area contributed by atoms with E-state index in [1.54, 1.807) is 26.5 Å². The second-order valence-electron chi connectivity index (χ2n) is 4.52. The van der Waals surface area contributed by atoms with E-state index in [1.807, 2.05) is 0 Å². The number of aliphatic hydroxyl groups excluding tert-OH is 1. The van der Waals surface area contributed by atoms with Gasteiger partial charge in [-0.3, -0.25) is 4.98 Å². The molecule has 0 saturated carbocycles. The van der Waals surface area contributed by atoms with Crippen LogP contribution in [0.5, 0.6) is 11.5 Å². The van der Waals surface area contributed by atoms with Crippen molar-refractivity contribution in [2.45, 2.75) is 18.9 Å². The van der Waals surface area contributed by atoms with E-state index in [9.17, 15) is 5.11 Å². The first kappa shape index (κ1) is 13.1. The summed E-state index contributed by atoms with van der Waals surface area (Å²) >= 11 is 0. The first-order valence-electron chi connectivity index (χ1n) is 6.21. The Morgan fingerprint density at radius 2 is 2.28 bits per heavy atom. The van der Waals surface area contributed by atoms with Gasteiger partial charge in [-0.05, 0) is 13.0 Å². The molecule has 0 bridgehead atoms. The maximum Gasteiger partial charge on any atom is 0.182 e. The Bertz CT molecular complexity index is 398. The zero-order chi connectivity index (χ0) is 13.0. The number of nitrogens with one attached hydrogen (secondary N) is 1. The third-order valence-corrected chi connectivity index (χ3v) is 3.39. The normalized spacial score (nSPS) is 23.7. The molecule has 5 heteroatoms. The molecule has 1 aromatic rings. The number of ether oxygens (including phenoxy) is 2. The van der Waals surface area contributed by atoms with Crippen molar-refractivity contribution in [1.82, 2.24) is 10.3 Å². The number of methoxy groups -OCH3 is 2. The van der Waals surface area contributed by atoms with Crippen LogP contribution in [0.3, 0.4) is 0 Å². The number of aliphatic hydroxyl groups is 1. The topological polar surface area (TPSA) is 63.6 Å². The molecule has 0 aromatic carbocycles. The number of piperidine rings is 1. The summed E-state index contributed by atoms with van der Waals surface area (Å²) in [7, 11) is 3.22. The summed E-state index contributed by atoms with van der Waals surface area (Å²) in [6.07, 6.45) is 2.91. The molecule has 0 aliphatic carbocycles. The van der Waals surface area contributed by atoms with Gasteiger partial charge < -0.3 is 19.9 Å². The SMILES string of the molecule is COc1ccnc(CC2CNCCC2O)c1OC. The van der Waals surface area contributed by atoms with Crippen molar-refractivity contribution >= 4 is 0 Å². The second-order valence-corrected chi connectivity index (χ2v) is 4.52. The maximum atomic E-state index is 9.98. The average Bonchev–Trinajstić information content (AvgIpc) is 2.41. The molecule has 1 saturated heterocycles. The lowest BCUT2D eigenvalue weighted by Gasteiger charge is -2.28. The molecule has 2 heterocycles. The van der Waals surface area contributed by atoms with E-state index >= 15 is 0 Å². The fourth-order valence-corrected chi connectivity index (χ4v) is 2.36. The molecular formula is C13H20N2O3. The van der Waals surface area contributed by atoms with Gasteiger partial charge in [0.25, 0.3) is 0 Å². The van der Waals surface area contributed by atoms with Crippen LogP contribution < -0.4 is 14.8 Å². The summed E-state index contributed by atoms with van der Waals surface area (Å²) in [4.78, 5) is 4.34. The van der Waals surface area contributed by atoms with Crippen molar-refractivity contribution in [3.63, 3.8) is 0 Å². The van der Waals surface area contributed by atoms with Crippen LogP contribution in [0.25, 0.3) is 0 Å². The van der Waals surface area contributed by atoms with Gasteiger partial charge in [0, 0.05) is 31.1 Å². The van der Waals surface area contributed by atoms with Gasteiger partial charge in [-0.2, -0.15) is 0 Å². The predicted octanol–water partition coefficient (Wildman–Crippen LogP) is 0.612. The summed E-state index contributed by atoms with van der Waals surface area (Å²) in [5, 5.41) is 13.3. The van der Waals surface area contributed by atoms with Crippen LogP contribution >= 0.6 is 0 Å². The highest BCUT2D eigenvalue weighted by molar-refractivity contribution is 5.42. The van der Waals surface area contributed by atoms with Crippen molar-refractivity contribution in [3.05, 3.63) is 18.0 Å². The molecule has 1 fully saturated rings. The van der Waals surface area contributed by atoms with Crippen molar-refractivity contribution in [2.24, 2.45) is 5.92 Å². The van der Waals surface area contributed by atoms with Crippen LogP contribution in [0, 0.1) is 5.92 Å². The minimum atomic E-state index is -0.274. The molecule has 2 N–H and O–H groups in total. The fraction of sp³-hybridized carbons (Fsp3) is 0.615. The molecule has 1 aliphatic rings. The van der Waals surface area contributed by atoms with Gasteiger partial charge in [0.15, 0.2) is 11.5 Å². The molecule has 0 amide bonds. The third-order valence-electron chi connectivity index (χ3n) is 3.39. The van der Waals surface area contributed by atoms with Gasteiger partial charge >= 0.3 is 0 Å². The quantitative estimate of drug-likeness (QED) is 0.822. The lowest BCUT2D eigenvalue weighted by Crippen LogP contribution is -2.41. The lowest BCUT2D eigenvalue weighted by atomic mass is 9.91. The van der Waals surface area contributed by atoms with Crippen molar-refractivity contribution in [3.8, 4) is 11.5 Å². The van der Waals surface area contributed by atoms with Gasteiger partial charge in [0.05, 0.1) is 26.0 Å². The summed E-state index contributed by atoms with van der Waals surface area (Å²) < 4.78 is 10.6. The Morgan fingerprint density at radius 1 is 1.44 bits per heavy atom. The number of pyridine rings is 1. The third kappa shape index (κ3) is 2.73. The zero-order valence-electron chi connectivity index (χ0n) is 10.8. The second kappa shape index (κ2) is 6.02. The van der Waals surface area contributed by atoms with E-state index in [-0.39, 0.29) is 12.0 Å². The van der Waals surface area contributed by atoms with Gasteiger partial charge in [-0.25, -0.2) is 0 Å². The number of hydrogen-bond donors (Lipinski definition) is 2. The number of aromatic nitrogens is 1. The van der Waals surface area contributed by atoms with Crippen LogP contribution in [-0.2, 0) is 6.42 Å². The van der Waals surface area contributed by atoms with E-state index in [1.165, 1.54) is 0 Å². The molecule has 2 atom stereocenters. The molecule has 0 spiro atoms. The standard InChI is InChI=1S/C13H20N2O3/c1-17-12-4-6-15-10(13(12)18-2)7-9-8-14-5-3-11(9)16/h4,6,9,11,14,16H,3,5,7-8H2,1-2H3. The van der Waals surface area contributed by atoms with Crippen LogP contribution in [0.15, 0.2) is 12.3 Å². The first-order chi connectivity index (χ1) is 8.76. The highest BCUT2D eigenvalue weighted by Gasteiger charge is 2.25. The molecule has 2 unspecified atom stereocenters. The maximum absolute atomic E-state index is 9.98. The molecule has 100 valence electrons. The Morgan fingerprint density at radius 3 is 2.94 bits per heavy atom. The highest BCUT2D eigenvalue weighted by Crippen LogP contribution is 2.31. The van der Waals surface area contributed by atoms with Gasteiger partial charge in [0.1, 0.15) is 0 Å². The molecule has 0 radical (unpaired) electrons. The van der Waals surface area contributed by atoms with Crippen LogP contribution in [-0.4, -0.2) is 43.5 Å². The monoisotopic (exact) mass is 252 g/mol. The Labute approximate surface area is 107 Å². The van der Waals surface area contributed by atoms with Gasteiger partial charge in [-0.15, -0.1) is 0 Å². The number of nitrogens with zero attached hydrogens (tertiary/aromatic N) is 1. The van der Waals surface area contributed by atoms with Crippen LogP contribution in [0.2, 0.25) is 0 Å². The summed E-state index contributed by atoms with van der Waals surface area (Å²) in [5.74, 6) is 1.52. The van der Waals surface area contributed by atoms with E-state index < -0.39 is 0 Å². The molecule has 18 heavy (non-hydrogen) atoms. The largest absolute Gasteiger partial charge is 0.493 e. The summed E-state index contributed by atoms with van der Waals surface area (Å²) in [5.41, 5.74) is 0.838. The number of hydrogen-bond acceptors (Lipinski definition) is 5. The number of rotatable bonds is 4. The van der Waals surface area contributed by atoms with E-state index in [0.29, 0.717) is 17.9 Å². The van der Waals surface area contributed by atoms with Crippen molar-refractivity contribution in [2.75, 3.05) is 27.3 Å². The molecule has 5 nitrogen and oxygen atoms in total. The smallest absolute Gasteiger partial charge is 0.182 e. The van der Waals surface area contributed by atoms with Crippen LogP contribution in [0.1, 0.15) is 12.1 Å². The van der Waals surface area contributed by atoms with E-state index in [0.717, 1.165) is 25.2 Å². The summed E-state index contributed by atoms with van der Waals surface area (Å²) in [6, 6.07) is 1.78. The van der Waals surface area contributed by atoms with Gasteiger partial charge in [-0.1, -0.05) is 0 Å². The Hall–Kier alpha value is -1.33.